The van der Waals surface area contributed by atoms with Gasteiger partial charge in [-0.15, -0.1) is 0 Å². The van der Waals surface area contributed by atoms with Crippen molar-refractivity contribution in [3.63, 3.8) is 0 Å². The van der Waals surface area contributed by atoms with Crippen molar-refractivity contribution in [1.29, 1.82) is 0 Å². The fourth-order valence-corrected chi connectivity index (χ4v) is 1.35. The second kappa shape index (κ2) is 6.87. The van der Waals surface area contributed by atoms with Gasteiger partial charge in [-0.05, 0) is 17.7 Å². The van der Waals surface area contributed by atoms with Crippen LogP contribution < -0.4 is 5.32 Å². The largest absolute Gasteiger partial charge is 0.394 e. The van der Waals surface area contributed by atoms with Gasteiger partial charge in [-0.1, -0.05) is 19.2 Å². The number of rotatable bonds is 4. The van der Waals surface area contributed by atoms with Crippen LogP contribution in [0.2, 0.25) is 0 Å². The molecule has 0 rings (SSSR count). The lowest BCUT2D eigenvalue weighted by atomic mass is 10.2. The third-order valence-electron chi connectivity index (χ3n) is 1.01. The lowest BCUT2D eigenvalue weighted by molar-refractivity contribution is 0.694. The molecule has 0 aliphatic heterocycles. The molecule has 0 saturated heterocycles. The van der Waals surface area contributed by atoms with Crippen LogP contribution >= 0.6 is 11.4 Å². The summed E-state index contributed by atoms with van der Waals surface area (Å²) in [6, 6.07) is 0. The van der Waals surface area contributed by atoms with Crippen LogP contribution in [0.5, 0.6) is 0 Å². The first-order valence-electron chi connectivity index (χ1n) is 3.61. The van der Waals surface area contributed by atoms with Crippen molar-refractivity contribution >= 4 is 16.7 Å². The van der Waals surface area contributed by atoms with Gasteiger partial charge < -0.3 is 5.32 Å². The summed E-state index contributed by atoms with van der Waals surface area (Å²) in [6.07, 6.45) is 3.16. The predicted molar refractivity (Wildman–Crippen MR) is 52.7 cm³/mol. The van der Waals surface area contributed by atoms with Crippen molar-refractivity contribution in [3.05, 3.63) is 11.6 Å². The molecule has 0 atom stereocenters. The standard InChI is InChI=1S/C8H17NS/c1-8(2)4-6-10-7-5-9-3/h5-10H,4H2,1-3H3/b7-5-. The fraction of sp³-hybridized carbons (Fsp3) is 0.625. The summed E-state index contributed by atoms with van der Waals surface area (Å²) < 4.78 is 0. The Bertz CT molecular complexity index is 116. The van der Waals surface area contributed by atoms with Crippen molar-refractivity contribution in [2.75, 3.05) is 7.05 Å². The zero-order valence-corrected chi connectivity index (χ0v) is 7.86. The average molecular weight is 159 g/mol. The van der Waals surface area contributed by atoms with E-state index in [1.807, 2.05) is 13.2 Å². The van der Waals surface area contributed by atoms with Crippen LogP contribution in [-0.4, -0.2) is 12.4 Å². The Hall–Kier alpha value is -0.240. The smallest absolute Gasteiger partial charge is 0.00278 e. The molecule has 0 bridgehead atoms. The van der Waals surface area contributed by atoms with E-state index in [0.29, 0.717) is 0 Å². The summed E-state index contributed by atoms with van der Waals surface area (Å²) in [5.41, 5.74) is 0. The van der Waals surface area contributed by atoms with Gasteiger partial charge in [0, 0.05) is 13.2 Å². The van der Waals surface area contributed by atoms with Gasteiger partial charge in [0.2, 0.25) is 0 Å². The Labute approximate surface area is 67.5 Å². The van der Waals surface area contributed by atoms with Gasteiger partial charge in [0.1, 0.15) is 0 Å². The van der Waals surface area contributed by atoms with E-state index in [1.54, 1.807) is 0 Å². The summed E-state index contributed by atoms with van der Waals surface area (Å²) in [7, 11) is 1.91. The lowest BCUT2D eigenvalue weighted by Crippen LogP contribution is -1.89. The highest BCUT2D eigenvalue weighted by Crippen LogP contribution is 1.98. The summed E-state index contributed by atoms with van der Waals surface area (Å²) in [6.45, 7) is 4.46. The Morgan fingerprint density at radius 3 is 2.70 bits per heavy atom. The van der Waals surface area contributed by atoms with Crippen molar-refractivity contribution in [2.24, 2.45) is 5.92 Å². The maximum absolute atomic E-state index is 2.95. The summed E-state index contributed by atoms with van der Waals surface area (Å²) in [5.74, 6) is 0.787. The molecule has 1 N–H and O–H groups in total. The van der Waals surface area contributed by atoms with E-state index in [9.17, 15) is 0 Å². The maximum atomic E-state index is 2.95. The van der Waals surface area contributed by atoms with E-state index in [2.05, 4.69) is 29.9 Å². The van der Waals surface area contributed by atoms with E-state index >= 15 is 0 Å². The third-order valence-corrected chi connectivity index (χ3v) is 1.75. The Balaban J connectivity index is 3.28. The molecule has 0 aliphatic carbocycles. The molecule has 0 aliphatic rings. The molecule has 0 aromatic rings. The van der Waals surface area contributed by atoms with Gasteiger partial charge in [-0.25, -0.2) is 0 Å². The van der Waals surface area contributed by atoms with Gasteiger partial charge in [0.15, 0.2) is 0 Å². The number of hydrogen-bond acceptors (Lipinski definition) is 1. The fourth-order valence-electron chi connectivity index (χ4n) is 0.450. The van der Waals surface area contributed by atoms with E-state index in [1.165, 1.54) is 17.8 Å². The van der Waals surface area contributed by atoms with Crippen LogP contribution in [0.1, 0.15) is 20.3 Å². The molecule has 0 amide bonds. The normalized spacial score (nSPS) is 12.8. The Morgan fingerprint density at radius 2 is 2.20 bits per heavy atom. The highest BCUT2D eigenvalue weighted by molar-refractivity contribution is 8.00. The molecule has 0 heterocycles. The topological polar surface area (TPSA) is 12.0 Å². The van der Waals surface area contributed by atoms with Crippen molar-refractivity contribution in [3.8, 4) is 0 Å². The first kappa shape index (κ1) is 9.76. The zero-order chi connectivity index (χ0) is 7.82. The summed E-state index contributed by atoms with van der Waals surface area (Å²) >= 11 is 1.30. The quantitative estimate of drug-likeness (QED) is 0.472. The van der Waals surface area contributed by atoms with Crippen LogP contribution in [0.15, 0.2) is 11.6 Å². The molecule has 0 aromatic heterocycles. The molecule has 10 heavy (non-hydrogen) atoms. The molecular formula is C8H17NS. The number of nitrogens with one attached hydrogen (secondary N) is 1. The Kier molecular flexibility index (Phi) is 6.71. The van der Waals surface area contributed by atoms with Crippen molar-refractivity contribution < 1.29 is 0 Å². The molecular weight excluding hydrogens is 142 g/mol. The lowest BCUT2D eigenvalue weighted by Gasteiger charge is -1.94. The molecule has 0 radical (unpaired) electrons. The molecule has 0 unspecified atom stereocenters. The molecule has 0 aromatic carbocycles. The van der Waals surface area contributed by atoms with Crippen molar-refractivity contribution in [2.45, 2.75) is 20.3 Å². The first-order valence-corrected chi connectivity index (χ1v) is 4.64. The van der Waals surface area contributed by atoms with Gasteiger partial charge in [0.05, 0.1) is 0 Å². The van der Waals surface area contributed by atoms with E-state index in [-0.39, 0.29) is 0 Å². The monoisotopic (exact) mass is 159 g/mol. The van der Waals surface area contributed by atoms with Crippen molar-refractivity contribution in [1.82, 2.24) is 5.32 Å². The maximum Gasteiger partial charge on any atom is 0.00278 e. The molecule has 0 fully saturated rings. The van der Waals surface area contributed by atoms with E-state index in [4.69, 9.17) is 0 Å². The highest BCUT2D eigenvalue weighted by Gasteiger charge is 1.84. The molecule has 60 valence electrons. The molecule has 0 spiro atoms. The molecule has 0 saturated carbocycles. The van der Waals surface area contributed by atoms with Crippen LogP contribution in [0.4, 0.5) is 0 Å². The van der Waals surface area contributed by atoms with E-state index in [0.717, 1.165) is 5.92 Å². The third kappa shape index (κ3) is 7.76. The molecule has 1 nitrogen and oxygen atoms in total. The molecule has 2 heteroatoms. The summed E-state index contributed by atoms with van der Waals surface area (Å²) in [4.78, 5) is 0. The number of thiol groups is 1. The minimum absolute atomic E-state index is 0.787. The predicted octanol–water partition coefficient (Wildman–Crippen LogP) is 1.99. The minimum Gasteiger partial charge on any atom is -0.394 e. The van der Waals surface area contributed by atoms with E-state index < -0.39 is 0 Å². The Morgan fingerprint density at radius 1 is 1.50 bits per heavy atom. The first-order chi connectivity index (χ1) is 4.77. The van der Waals surface area contributed by atoms with Crippen LogP contribution in [-0.2, 0) is 0 Å². The number of hydrogen-bond donors (Lipinski definition) is 2. The second-order valence-electron chi connectivity index (χ2n) is 2.57. The minimum atomic E-state index is 0.787. The van der Waals surface area contributed by atoms with Crippen LogP contribution in [0, 0.1) is 5.92 Å². The zero-order valence-electron chi connectivity index (χ0n) is 6.96. The highest BCUT2D eigenvalue weighted by atomic mass is 32.1. The summed E-state index contributed by atoms with van der Waals surface area (Å²) in [5, 5.41) is 7.32. The van der Waals surface area contributed by atoms with Crippen LogP contribution in [0.25, 0.3) is 0 Å². The second-order valence-corrected chi connectivity index (χ2v) is 3.53. The van der Waals surface area contributed by atoms with Gasteiger partial charge in [-0.3, -0.25) is 0 Å². The average Bonchev–Trinajstić information content (AvgIpc) is 1.87. The van der Waals surface area contributed by atoms with Crippen LogP contribution in [0.3, 0.4) is 0 Å². The van der Waals surface area contributed by atoms with Gasteiger partial charge in [0.25, 0.3) is 0 Å². The SMILES string of the molecule is CN/C=C\[SH]=C/CC(C)C. The van der Waals surface area contributed by atoms with Gasteiger partial charge >= 0.3 is 0 Å². The van der Waals surface area contributed by atoms with Gasteiger partial charge in [-0.2, -0.15) is 11.4 Å².